The molecule has 0 aliphatic rings. The van der Waals surface area contributed by atoms with Crippen LogP contribution in [0.25, 0.3) is 0 Å². The Balaban J connectivity index is 2.36. The molecule has 0 radical (unpaired) electrons. The van der Waals surface area contributed by atoms with E-state index in [0.29, 0.717) is 0 Å². The summed E-state index contributed by atoms with van der Waals surface area (Å²) in [7, 11) is 0. The summed E-state index contributed by atoms with van der Waals surface area (Å²) in [6.45, 7) is -0.894. The molecule has 0 unspecified atom stereocenters. The minimum Gasteiger partial charge on any atom is -0.480 e. The number of hydrogen-bond donors (Lipinski definition) is 5. The van der Waals surface area contributed by atoms with Gasteiger partial charge in [-0.2, -0.15) is 0 Å². The second kappa shape index (κ2) is 5.49. The van der Waals surface area contributed by atoms with E-state index in [-0.39, 0.29) is 12.2 Å². The number of aromatic nitrogens is 2. The molecule has 0 fully saturated rings. The molecule has 1 heterocycles. The monoisotopic (exact) mass is 242 g/mol. The average Bonchev–Trinajstić information content (AvgIpc) is 2.70. The molecular formula is C8H10N4O5. The Morgan fingerprint density at radius 3 is 2.47 bits per heavy atom. The highest BCUT2D eigenvalue weighted by Crippen LogP contribution is 1.86. The van der Waals surface area contributed by atoms with Gasteiger partial charge in [0.05, 0.1) is 6.54 Å². The number of H-pyrrole nitrogens is 2. The molecule has 0 saturated carbocycles. The number of aromatic amines is 2. The lowest BCUT2D eigenvalue weighted by molar-refractivity contribution is -0.137. The van der Waals surface area contributed by atoms with E-state index >= 15 is 0 Å². The molecule has 1 aromatic rings. The largest absolute Gasteiger partial charge is 0.480 e. The van der Waals surface area contributed by atoms with Crippen molar-refractivity contribution < 1.29 is 19.5 Å². The number of carbonyl (C=O) groups is 3. The summed E-state index contributed by atoms with van der Waals surface area (Å²) < 4.78 is 0. The van der Waals surface area contributed by atoms with Gasteiger partial charge in [0.2, 0.25) is 5.91 Å². The number of hydrogen-bond acceptors (Lipinski definition) is 4. The molecular weight excluding hydrogens is 232 g/mol. The highest BCUT2D eigenvalue weighted by Gasteiger charge is 2.10. The second-order valence-corrected chi connectivity index (χ2v) is 3.01. The average molecular weight is 242 g/mol. The van der Waals surface area contributed by atoms with Gasteiger partial charge >= 0.3 is 11.7 Å². The van der Waals surface area contributed by atoms with Crippen LogP contribution in [0.2, 0.25) is 0 Å². The third-order valence-corrected chi connectivity index (χ3v) is 1.69. The number of aliphatic carboxylic acids is 1. The van der Waals surface area contributed by atoms with Gasteiger partial charge in [0.25, 0.3) is 5.91 Å². The molecule has 0 atom stereocenters. The van der Waals surface area contributed by atoms with Crippen LogP contribution >= 0.6 is 0 Å². The van der Waals surface area contributed by atoms with E-state index in [1.807, 2.05) is 0 Å². The van der Waals surface area contributed by atoms with Crippen LogP contribution in [0, 0.1) is 0 Å². The van der Waals surface area contributed by atoms with Gasteiger partial charge in [-0.05, 0) is 0 Å². The molecule has 1 rings (SSSR count). The van der Waals surface area contributed by atoms with Crippen LogP contribution in [-0.4, -0.2) is 45.9 Å². The van der Waals surface area contributed by atoms with Crippen molar-refractivity contribution in [2.24, 2.45) is 0 Å². The van der Waals surface area contributed by atoms with Crippen LogP contribution in [0.15, 0.2) is 11.0 Å². The summed E-state index contributed by atoms with van der Waals surface area (Å²) in [5.41, 5.74) is -0.550. The predicted molar refractivity (Wildman–Crippen MR) is 54.4 cm³/mol. The molecule has 0 saturated heterocycles. The summed E-state index contributed by atoms with van der Waals surface area (Å²) >= 11 is 0. The van der Waals surface area contributed by atoms with E-state index in [9.17, 15) is 19.2 Å². The van der Waals surface area contributed by atoms with Gasteiger partial charge < -0.3 is 25.7 Å². The number of carboxylic acids is 1. The minimum absolute atomic E-state index is 0.0129. The molecule has 1 aromatic heterocycles. The quantitative estimate of drug-likeness (QED) is 0.392. The molecule has 0 spiro atoms. The fraction of sp³-hybridized carbons (Fsp3) is 0.250. The molecule has 0 aromatic carbocycles. The third-order valence-electron chi connectivity index (χ3n) is 1.69. The van der Waals surface area contributed by atoms with Crippen molar-refractivity contribution in [1.29, 1.82) is 0 Å². The van der Waals surface area contributed by atoms with Crippen molar-refractivity contribution >= 4 is 17.8 Å². The Morgan fingerprint density at radius 2 is 1.94 bits per heavy atom. The zero-order valence-electron chi connectivity index (χ0n) is 8.57. The Bertz CT molecular complexity index is 488. The number of carbonyl (C=O) groups excluding carboxylic acids is 2. The van der Waals surface area contributed by atoms with Crippen LogP contribution < -0.4 is 16.3 Å². The van der Waals surface area contributed by atoms with Crippen LogP contribution in [0.3, 0.4) is 0 Å². The Morgan fingerprint density at radius 1 is 1.24 bits per heavy atom. The van der Waals surface area contributed by atoms with E-state index in [1.54, 1.807) is 0 Å². The molecule has 2 amide bonds. The Hall–Kier alpha value is -2.58. The van der Waals surface area contributed by atoms with Gasteiger partial charge in [-0.15, -0.1) is 0 Å². The summed E-state index contributed by atoms with van der Waals surface area (Å²) in [5, 5.41) is 12.5. The maximum absolute atomic E-state index is 11.3. The van der Waals surface area contributed by atoms with E-state index < -0.39 is 30.0 Å². The zero-order valence-corrected chi connectivity index (χ0v) is 8.57. The molecule has 92 valence electrons. The van der Waals surface area contributed by atoms with Crippen LogP contribution in [0.1, 0.15) is 10.5 Å². The highest BCUT2D eigenvalue weighted by molar-refractivity contribution is 5.94. The fourth-order valence-corrected chi connectivity index (χ4v) is 0.947. The normalized spacial score (nSPS) is 9.65. The van der Waals surface area contributed by atoms with Gasteiger partial charge in [0.1, 0.15) is 12.2 Å². The van der Waals surface area contributed by atoms with Gasteiger partial charge in [-0.25, -0.2) is 4.79 Å². The van der Waals surface area contributed by atoms with Crippen molar-refractivity contribution in [3.8, 4) is 0 Å². The number of nitrogens with one attached hydrogen (secondary N) is 4. The van der Waals surface area contributed by atoms with Gasteiger partial charge in [-0.1, -0.05) is 0 Å². The minimum atomic E-state index is -1.18. The van der Waals surface area contributed by atoms with Crippen molar-refractivity contribution in [1.82, 2.24) is 20.6 Å². The zero-order chi connectivity index (χ0) is 12.8. The molecule has 0 aliphatic carbocycles. The first-order valence-electron chi connectivity index (χ1n) is 4.53. The Labute approximate surface area is 94.2 Å². The smallest absolute Gasteiger partial charge is 0.323 e. The van der Waals surface area contributed by atoms with E-state index in [1.165, 1.54) is 0 Å². The van der Waals surface area contributed by atoms with Crippen molar-refractivity contribution in [3.63, 3.8) is 0 Å². The van der Waals surface area contributed by atoms with Crippen LogP contribution in [0.4, 0.5) is 0 Å². The summed E-state index contributed by atoms with van der Waals surface area (Å²) in [4.78, 5) is 47.5. The first-order chi connectivity index (χ1) is 7.99. The maximum Gasteiger partial charge on any atom is 0.323 e. The van der Waals surface area contributed by atoms with Crippen LogP contribution in [0.5, 0.6) is 0 Å². The summed E-state index contributed by atoms with van der Waals surface area (Å²) in [5.74, 6) is -2.47. The maximum atomic E-state index is 11.3. The van der Waals surface area contributed by atoms with E-state index in [2.05, 4.69) is 20.6 Å². The van der Waals surface area contributed by atoms with Gasteiger partial charge in [0, 0.05) is 6.20 Å². The third kappa shape index (κ3) is 4.20. The fourth-order valence-electron chi connectivity index (χ4n) is 0.947. The van der Waals surface area contributed by atoms with Gasteiger partial charge in [-0.3, -0.25) is 14.4 Å². The topological polar surface area (TPSA) is 144 Å². The number of amides is 2. The Kier molecular flexibility index (Phi) is 4.03. The van der Waals surface area contributed by atoms with Crippen molar-refractivity contribution in [2.75, 3.05) is 13.1 Å². The first kappa shape index (κ1) is 12.5. The highest BCUT2D eigenvalue weighted by atomic mass is 16.4. The standard InChI is InChI=1S/C8H10N4O5/c13-5(9-3-6(14)15)2-10-7(16)4-1-11-8(17)12-4/h1H,2-3H2,(H,9,13)(H,10,16)(H,14,15)(H2,11,12,17). The SMILES string of the molecule is O=C(O)CNC(=O)CNC(=O)c1c[nH]c(=O)[nH]1. The number of carboxylic acid groups (broad SMARTS) is 1. The van der Waals surface area contributed by atoms with E-state index in [4.69, 9.17) is 5.11 Å². The molecule has 0 aliphatic heterocycles. The van der Waals surface area contributed by atoms with Crippen molar-refractivity contribution in [2.45, 2.75) is 0 Å². The lowest BCUT2D eigenvalue weighted by atomic mass is 10.4. The number of imidazole rings is 1. The van der Waals surface area contributed by atoms with E-state index in [0.717, 1.165) is 6.20 Å². The summed E-state index contributed by atoms with van der Waals surface area (Å²) in [6.07, 6.45) is 1.16. The van der Waals surface area contributed by atoms with Gasteiger partial charge in [0.15, 0.2) is 0 Å². The summed E-state index contributed by atoms with van der Waals surface area (Å²) in [6, 6.07) is 0. The van der Waals surface area contributed by atoms with Crippen LogP contribution in [-0.2, 0) is 9.59 Å². The lowest BCUT2D eigenvalue weighted by Crippen LogP contribution is -2.39. The molecule has 17 heavy (non-hydrogen) atoms. The van der Waals surface area contributed by atoms with Crippen molar-refractivity contribution in [3.05, 3.63) is 22.4 Å². The lowest BCUT2D eigenvalue weighted by Gasteiger charge is -2.03. The molecule has 5 N–H and O–H groups in total. The molecule has 9 nitrogen and oxygen atoms in total. The predicted octanol–water partition coefficient (Wildman–Crippen LogP) is -2.37. The molecule has 0 bridgehead atoms. The molecule has 9 heteroatoms. The number of rotatable bonds is 5. The second-order valence-electron chi connectivity index (χ2n) is 3.01. The first-order valence-corrected chi connectivity index (χ1v) is 4.53.